The predicted octanol–water partition coefficient (Wildman–Crippen LogP) is 2.70. The Labute approximate surface area is 151 Å². The number of aryl methyl sites for hydroxylation is 1. The first-order valence-electron chi connectivity index (χ1n) is 8.11. The Kier molecular flexibility index (Phi) is 4.72. The molecule has 0 saturated heterocycles. The average molecular weight is 345 g/mol. The molecule has 0 aliphatic heterocycles. The summed E-state index contributed by atoms with van der Waals surface area (Å²) in [6.07, 6.45) is 4.63. The van der Waals surface area contributed by atoms with Crippen LogP contribution in [0.2, 0.25) is 0 Å². The first kappa shape index (κ1) is 17.2. The van der Waals surface area contributed by atoms with Crippen LogP contribution < -0.4 is 5.73 Å². The first-order chi connectivity index (χ1) is 12.5. The van der Waals surface area contributed by atoms with Gasteiger partial charge in [-0.1, -0.05) is 18.2 Å². The number of fused-ring (bicyclic) bond motifs is 1. The van der Waals surface area contributed by atoms with Crippen molar-refractivity contribution in [1.29, 1.82) is 5.26 Å². The lowest BCUT2D eigenvalue weighted by atomic mass is 10.2. The van der Waals surface area contributed by atoms with Crippen molar-refractivity contribution in [3.63, 3.8) is 0 Å². The minimum atomic E-state index is -0.134. The lowest BCUT2D eigenvalue weighted by Gasteiger charge is -2.15. The van der Waals surface area contributed by atoms with Crippen molar-refractivity contribution in [2.75, 3.05) is 12.8 Å². The van der Waals surface area contributed by atoms with E-state index in [1.54, 1.807) is 24.1 Å². The lowest BCUT2D eigenvalue weighted by molar-refractivity contribution is -0.125. The Hall–Kier alpha value is -3.59. The third-order valence-corrected chi connectivity index (χ3v) is 4.30. The lowest BCUT2D eigenvalue weighted by Crippen LogP contribution is -2.25. The number of hydrogen-bond donors (Lipinski definition) is 1. The van der Waals surface area contributed by atoms with Crippen molar-refractivity contribution >= 4 is 28.7 Å². The smallest absolute Gasteiger partial charge is 0.246 e. The van der Waals surface area contributed by atoms with E-state index in [2.05, 4.69) is 27.8 Å². The summed E-state index contributed by atoms with van der Waals surface area (Å²) < 4.78 is 2.09. The minimum Gasteiger partial charge on any atom is -0.383 e. The summed E-state index contributed by atoms with van der Waals surface area (Å²) in [5, 5.41) is 10.1. The molecule has 1 amide bonds. The number of rotatable bonds is 4. The Balaban J connectivity index is 1.73. The highest BCUT2D eigenvalue weighted by molar-refractivity contribution is 5.91. The van der Waals surface area contributed by atoms with E-state index in [-0.39, 0.29) is 11.7 Å². The highest BCUT2D eigenvalue weighted by Gasteiger charge is 2.11. The number of benzene rings is 1. The maximum Gasteiger partial charge on any atom is 0.246 e. The number of nitrogens with zero attached hydrogens (tertiary/aromatic N) is 4. The number of anilines is 1. The van der Waals surface area contributed by atoms with E-state index >= 15 is 0 Å². The first-order valence-corrected chi connectivity index (χ1v) is 8.11. The maximum absolute atomic E-state index is 12.4. The number of hydrogen-bond acceptors (Lipinski definition) is 4. The molecule has 6 heteroatoms. The van der Waals surface area contributed by atoms with Gasteiger partial charge in [0.1, 0.15) is 11.9 Å². The van der Waals surface area contributed by atoms with Crippen molar-refractivity contribution in [2.24, 2.45) is 7.05 Å². The van der Waals surface area contributed by atoms with Gasteiger partial charge in [0.25, 0.3) is 0 Å². The SMILES string of the molecule is CN(Cc1cc2ccccc2n1C)C(=O)/C=C/c1cnc(N)c(C#N)c1. The van der Waals surface area contributed by atoms with Gasteiger partial charge in [0.2, 0.25) is 5.91 Å². The van der Waals surface area contributed by atoms with Gasteiger partial charge in [-0.3, -0.25) is 4.79 Å². The summed E-state index contributed by atoms with van der Waals surface area (Å²) in [4.78, 5) is 18.0. The van der Waals surface area contributed by atoms with Crippen LogP contribution in [-0.2, 0) is 18.4 Å². The molecule has 1 aromatic carbocycles. The quantitative estimate of drug-likeness (QED) is 0.736. The van der Waals surface area contributed by atoms with E-state index in [0.717, 1.165) is 16.6 Å². The van der Waals surface area contributed by atoms with Crippen molar-refractivity contribution in [3.8, 4) is 6.07 Å². The minimum absolute atomic E-state index is 0.134. The van der Waals surface area contributed by atoms with E-state index < -0.39 is 0 Å². The van der Waals surface area contributed by atoms with Crippen molar-refractivity contribution in [2.45, 2.75) is 6.54 Å². The van der Waals surface area contributed by atoms with E-state index in [1.807, 2.05) is 25.2 Å². The predicted molar refractivity (Wildman–Crippen MR) is 102 cm³/mol. The molecule has 0 unspecified atom stereocenters. The molecule has 0 atom stereocenters. The number of nitrogen functional groups attached to an aromatic ring is 1. The molecule has 130 valence electrons. The van der Waals surface area contributed by atoms with Crippen molar-refractivity contribution < 1.29 is 4.79 Å². The van der Waals surface area contributed by atoms with Crippen molar-refractivity contribution in [1.82, 2.24) is 14.5 Å². The van der Waals surface area contributed by atoms with Crippen LogP contribution in [0.4, 0.5) is 5.82 Å². The zero-order valence-corrected chi connectivity index (χ0v) is 14.7. The van der Waals surface area contributed by atoms with Gasteiger partial charge in [0.05, 0.1) is 12.1 Å². The third kappa shape index (κ3) is 3.42. The van der Waals surface area contributed by atoms with Gasteiger partial charge in [-0.15, -0.1) is 0 Å². The molecule has 0 spiro atoms. The Morgan fingerprint density at radius 3 is 2.88 bits per heavy atom. The van der Waals surface area contributed by atoms with Gasteiger partial charge in [0.15, 0.2) is 0 Å². The Morgan fingerprint density at radius 1 is 1.38 bits per heavy atom. The fourth-order valence-corrected chi connectivity index (χ4v) is 2.79. The monoisotopic (exact) mass is 345 g/mol. The number of carbonyl (C=O) groups excluding carboxylic acids is 1. The average Bonchev–Trinajstić information content (AvgIpc) is 2.96. The maximum atomic E-state index is 12.4. The van der Waals surface area contributed by atoms with E-state index in [1.165, 1.54) is 12.3 Å². The van der Waals surface area contributed by atoms with Crippen LogP contribution in [0, 0.1) is 11.3 Å². The number of para-hydroxylation sites is 1. The van der Waals surface area contributed by atoms with Crippen LogP contribution in [0.3, 0.4) is 0 Å². The number of pyridine rings is 1. The molecule has 0 radical (unpaired) electrons. The molecule has 2 aromatic heterocycles. The van der Waals surface area contributed by atoms with Gasteiger partial charge in [-0.25, -0.2) is 4.98 Å². The van der Waals surface area contributed by atoms with Gasteiger partial charge in [0, 0.05) is 37.6 Å². The summed E-state index contributed by atoms with van der Waals surface area (Å²) in [7, 11) is 3.75. The second-order valence-corrected chi connectivity index (χ2v) is 6.09. The molecule has 3 aromatic rings. The fourth-order valence-electron chi connectivity index (χ4n) is 2.79. The third-order valence-electron chi connectivity index (χ3n) is 4.30. The molecule has 0 fully saturated rings. The Bertz CT molecular complexity index is 1040. The molecule has 2 heterocycles. The number of nitriles is 1. The van der Waals surface area contributed by atoms with Crippen LogP contribution in [-0.4, -0.2) is 27.4 Å². The standard InChI is InChI=1S/C20H19N5O/c1-24(13-17-10-15-5-3-4-6-18(15)25(17)2)19(26)8-7-14-9-16(11-21)20(22)23-12-14/h3-10,12H,13H2,1-2H3,(H2,22,23)/b8-7+. The van der Waals surface area contributed by atoms with Gasteiger partial charge >= 0.3 is 0 Å². The number of carbonyl (C=O) groups is 1. The summed E-state index contributed by atoms with van der Waals surface area (Å²) in [5.41, 5.74) is 8.74. The van der Waals surface area contributed by atoms with Crippen LogP contribution >= 0.6 is 0 Å². The number of likely N-dealkylation sites (N-methyl/N-ethyl adjacent to an activating group) is 1. The second kappa shape index (κ2) is 7.11. The molecule has 6 nitrogen and oxygen atoms in total. The molecule has 0 bridgehead atoms. The molecule has 26 heavy (non-hydrogen) atoms. The van der Waals surface area contributed by atoms with E-state index in [4.69, 9.17) is 11.0 Å². The number of amides is 1. The summed E-state index contributed by atoms with van der Waals surface area (Å²) >= 11 is 0. The topological polar surface area (TPSA) is 87.9 Å². The highest BCUT2D eigenvalue weighted by Crippen LogP contribution is 2.19. The zero-order chi connectivity index (χ0) is 18.7. The molecular weight excluding hydrogens is 326 g/mol. The van der Waals surface area contributed by atoms with E-state index in [9.17, 15) is 4.79 Å². The van der Waals surface area contributed by atoms with Crippen LogP contribution in [0.25, 0.3) is 17.0 Å². The number of aromatic nitrogens is 2. The fraction of sp³-hybridized carbons (Fsp3) is 0.150. The van der Waals surface area contributed by atoms with Gasteiger partial charge in [-0.05, 0) is 35.2 Å². The van der Waals surface area contributed by atoms with E-state index in [0.29, 0.717) is 17.7 Å². The van der Waals surface area contributed by atoms with Crippen LogP contribution in [0.15, 0.2) is 48.7 Å². The molecule has 0 saturated carbocycles. The van der Waals surface area contributed by atoms with Gasteiger partial charge in [-0.2, -0.15) is 5.26 Å². The summed E-state index contributed by atoms with van der Waals surface area (Å²) in [6, 6.07) is 13.8. The molecule has 3 rings (SSSR count). The molecule has 0 aliphatic carbocycles. The zero-order valence-electron chi connectivity index (χ0n) is 14.7. The number of nitrogens with two attached hydrogens (primary N) is 1. The summed E-state index contributed by atoms with van der Waals surface area (Å²) in [5.74, 6) is 0.0504. The van der Waals surface area contributed by atoms with Crippen LogP contribution in [0.1, 0.15) is 16.8 Å². The largest absolute Gasteiger partial charge is 0.383 e. The molecular formula is C20H19N5O. The van der Waals surface area contributed by atoms with Crippen molar-refractivity contribution in [3.05, 3.63) is 65.5 Å². The highest BCUT2D eigenvalue weighted by atomic mass is 16.2. The second-order valence-electron chi connectivity index (χ2n) is 6.09. The van der Waals surface area contributed by atoms with Crippen LogP contribution in [0.5, 0.6) is 0 Å². The normalized spacial score (nSPS) is 11.0. The molecule has 2 N–H and O–H groups in total. The van der Waals surface area contributed by atoms with Gasteiger partial charge < -0.3 is 15.2 Å². The summed E-state index contributed by atoms with van der Waals surface area (Å²) in [6.45, 7) is 0.498. The Morgan fingerprint density at radius 2 is 2.15 bits per heavy atom. The molecule has 0 aliphatic rings.